The maximum Gasteiger partial charge on any atom is 0.226 e. The first-order valence-electron chi connectivity index (χ1n) is 35.2. The number of hydrogen-bond donors (Lipinski definition) is 0. The van der Waals surface area contributed by atoms with Crippen molar-refractivity contribution in [3.63, 3.8) is 0 Å². The predicted octanol–water partition coefficient (Wildman–Crippen LogP) is 17.1. The Hall–Kier alpha value is -9.23. The number of allylic oxidation sites excluding steroid dienone is 12. The number of methoxy groups -OCH3 is 6. The van der Waals surface area contributed by atoms with Gasteiger partial charge in [0, 0.05) is 30.5 Å². The maximum absolute atomic E-state index is 13.5. The van der Waals surface area contributed by atoms with Gasteiger partial charge in [-0.2, -0.15) is 0 Å². The molecule has 0 amide bonds. The van der Waals surface area contributed by atoms with Gasteiger partial charge in [-0.25, -0.2) is 14.5 Å². The van der Waals surface area contributed by atoms with E-state index in [0.29, 0.717) is 57.2 Å². The molecule has 2 heterocycles. The second kappa shape index (κ2) is 33.3. The highest BCUT2D eigenvalue weighted by Crippen LogP contribution is 2.50. The minimum atomic E-state index is -1.34. The summed E-state index contributed by atoms with van der Waals surface area (Å²) in [6.45, 7) is 55.1. The fourth-order valence-electron chi connectivity index (χ4n) is 14.5. The fourth-order valence-corrected chi connectivity index (χ4v) is 14.5. The Kier molecular flexibility index (Phi) is 26.9. The lowest BCUT2D eigenvalue weighted by molar-refractivity contribution is -0.227. The number of aryl methyl sites for hydroxylation is 2. The van der Waals surface area contributed by atoms with Gasteiger partial charge in [0.2, 0.25) is 28.7 Å². The fraction of sp³-hybridized carbons (Fsp3) is 0.483. The van der Waals surface area contributed by atoms with Crippen LogP contribution in [0.25, 0.3) is 32.8 Å². The van der Waals surface area contributed by atoms with Crippen LogP contribution in [0.4, 0.5) is 0 Å². The molecular weight excluding hydrogens is 1340 g/mol. The summed E-state index contributed by atoms with van der Waals surface area (Å²) in [4.78, 5) is 88.4. The van der Waals surface area contributed by atoms with Crippen molar-refractivity contribution in [1.29, 1.82) is 0 Å². The minimum Gasteiger partial charge on any atom is -0.496 e. The summed E-state index contributed by atoms with van der Waals surface area (Å²) in [5.41, 5.74) is -2.04. The molecule has 3 aromatic rings. The van der Waals surface area contributed by atoms with Crippen molar-refractivity contribution >= 4 is 52.9 Å². The molecule has 3 atom stereocenters. The molecule has 0 aromatic heterocycles. The summed E-state index contributed by atoms with van der Waals surface area (Å²) in [6, 6.07) is 17.2. The third-order valence-corrected chi connectivity index (χ3v) is 20.9. The van der Waals surface area contributed by atoms with Crippen LogP contribution < -0.4 is 18.9 Å². The molecular formula is C87H107N3O16. The van der Waals surface area contributed by atoms with Crippen LogP contribution in [0.1, 0.15) is 151 Å². The molecule has 0 radical (unpaired) electrons. The molecule has 566 valence electrons. The smallest absolute Gasteiger partial charge is 0.226 e. The number of Topliss-reactive ketones (excluding diaryl/α,β-unsaturated/α-hetero) is 3. The Bertz CT molecular complexity index is 4110. The molecule has 106 heavy (non-hydrogen) atoms. The van der Waals surface area contributed by atoms with Crippen molar-refractivity contribution < 1.29 is 76.1 Å². The van der Waals surface area contributed by atoms with Crippen LogP contribution in [0.2, 0.25) is 0 Å². The Labute approximate surface area is 627 Å². The highest BCUT2D eigenvalue weighted by molar-refractivity contribution is 6.04. The average Bonchev–Trinajstić information content (AvgIpc) is 1.67. The molecule has 3 aliphatic carbocycles. The first-order valence-corrected chi connectivity index (χ1v) is 35.2. The number of ether oxygens (including phenoxy) is 10. The van der Waals surface area contributed by atoms with E-state index in [2.05, 4.69) is 14.5 Å². The summed E-state index contributed by atoms with van der Waals surface area (Å²) in [6.07, 6.45) is 27.3. The van der Waals surface area contributed by atoms with E-state index >= 15 is 0 Å². The lowest BCUT2D eigenvalue weighted by Crippen LogP contribution is -2.50. The molecule has 3 aromatic carbocycles. The summed E-state index contributed by atoms with van der Waals surface area (Å²) in [5, 5.41) is 0. The zero-order valence-corrected chi connectivity index (χ0v) is 66.2. The zero-order chi connectivity index (χ0) is 79.5. The van der Waals surface area contributed by atoms with E-state index in [-0.39, 0.29) is 51.8 Å². The largest absolute Gasteiger partial charge is 0.496 e. The van der Waals surface area contributed by atoms with Gasteiger partial charge >= 0.3 is 0 Å². The van der Waals surface area contributed by atoms with Crippen molar-refractivity contribution in [1.82, 2.24) is 0 Å². The summed E-state index contributed by atoms with van der Waals surface area (Å²) >= 11 is 0. The second-order valence-electron chi connectivity index (χ2n) is 32.0. The highest BCUT2D eigenvalue weighted by atomic mass is 16.7. The monoisotopic (exact) mass is 1450 g/mol. The number of rotatable bonds is 24. The van der Waals surface area contributed by atoms with Crippen molar-refractivity contribution in [2.75, 3.05) is 69.1 Å². The summed E-state index contributed by atoms with van der Waals surface area (Å²) in [5.74, 6) is -2.13. The molecule has 8 rings (SSSR count). The molecule has 19 nitrogen and oxygen atoms in total. The van der Waals surface area contributed by atoms with Crippen LogP contribution in [0, 0.1) is 82.3 Å². The highest BCUT2D eigenvalue weighted by Gasteiger charge is 2.55. The number of hydrogen-bond acceptors (Lipinski definition) is 16. The normalized spacial score (nSPS) is 22.7. The number of nitrogens with zero attached hydrogens (tertiary/aromatic N) is 3. The van der Waals surface area contributed by atoms with Crippen LogP contribution >= 0.6 is 0 Å². The van der Waals surface area contributed by atoms with Crippen LogP contribution in [-0.2, 0) is 57.2 Å². The van der Waals surface area contributed by atoms with Crippen molar-refractivity contribution in [2.24, 2.45) is 48.7 Å². The first-order chi connectivity index (χ1) is 49.3. The van der Waals surface area contributed by atoms with Gasteiger partial charge in [0.25, 0.3) is 0 Å². The van der Waals surface area contributed by atoms with Gasteiger partial charge in [0.1, 0.15) is 11.5 Å². The average molecular weight is 1450 g/mol. The van der Waals surface area contributed by atoms with Gasteiger partial charge < -0.3 is 61.8 Å². The van der Waals surface area contributed by atoms with Gasteiger partial charge in [-0.1, -0.05) is 147 Å². The van der Waals surface area contributed by atoms with Crippen LogP contribution in [-0.4, -0.2) is 121 Å². The molecule has 2 aliphatic heterocycles. The Morgan fingerprint density at radius 1 is 0.425 bits per heavy atom. The lowest BCUT2D eigenvalue weighted by atomic mass is 9.66. The summed E-state index contributed by atoms with van der Waals surface area (Å²) in [7, 11) is 9.42. The van der Waals surface area contributed by atoms with E-state index < -0.39 is 66.1 Å². The van der Waals surface area contributed by atoms with Crippen LogP contribution in [0.15, 0.2) is 145 Å². The van der Waals surface area contributed by atoms with Crippen LogP contribution in [0.5, 0.6) is 23.0 Å². The number of benzene rings is 3. The quantitative estimate of drug-likeness (QED) is 0.0464. The lowest BCUT2D eigenvalue weighted by Gasteiger charge is -2.41. The van der Waals surface area contributed by atoms with E-state index in [9.17, 15) is 28.8 Å². The van der Waals surface area contributed by atoms with Gasteiger partial charge in [-0.15, -0.1) is 0 Å². The SMILES string of the molecule is [C-]#[N+]C1=C[C@](C)(/C=C/C(=O)C(C)(C)C(/C=C/c2ccc(C)c(OC)c2)(OC)OC)CC(C)(C)C1=O.[C-]#[N+]C1=C[C@](C)(/C=C/C(=O)C(C)(C)C2(/C=C/c3ccc(C)c(OC)c3)OCCO2)CC(C)(C)C1=O.[C-]#[N+]C1=C[C@](C)(/C=C/C(=O)C(C)(C)C2(/C=C/c3ccc(OC)c(OC)c3)OCCO2)CC(C)(C)C1=O. The Morgan fingerprint density at radius 3 is 1.04 bits per heavy atom. The Balaban J connectivity index is 0.000000249. The maximum atomic E-state index is 13.5. The third-order valence-electron chi connectivity index (χ3n) is 20.9. The number of carbonyl (C=O) groups is 6. The third kappa shape index (κ3) is 18.6. The van der Waals surface area contributed by atoms with E-state index in [4.69, 9.17) is 67.1 Å². The molecule has 19 heteroatoms. The molecule has 5 aliphatic rings. The summed E-state index contributed by atoms with van der Waals surface area (Å²) < 4.78 is 57.2. The molecule has 0 N–H and O–H groups in total. The molecule has 0 saturated carbocycles. The molecule has 0 unspecified atom stereocenters. The number of ketones is 6. The predicted molar refractivity (Wildman–Crippen MR) is 411 cm³/mol. The first kappa shape index (κ1) is 85.7. The van der Waals surface area contributed by atoms with Gasteiger partial charge in [-0.05, 0) is 179 Å². The molecule has 2 fully saturated rings. The minimum absolute atomic E-state index is 0.111. The Morgan fingerprint density at radius 2 is 0.726 bits per heavy atom. The van der Waals surface area contributed by atoms with Crippen molar-refractivity contribution in [3.05, 3.63) is 207 Å². The van der Waals surface area contributed by atoms with Crippen molar-refractivity contribution in [3.8, 4) is 23.0 Å². The van der Waals surface area contributed by atoms with Crippen molar-refractivity contribution in [2.45, 2.75) is 154 Å². The standard InChI is InChI=1S/C29H35NO6.C29H35NO5.C29H37NO5/c1-26(2)19-28(5,18-21(30-6)25(26)32)13-12-24(31)27(3,4)29(35-15-16-36-29)14-11-20-9-10-22(33-7)23(17-20)34-8;1-20-9-10-21(17-23(20)33-8)11-14-29(34-15-16-35-29)27(4,5)24(31)12-13-28(6)18-22(30-7)25(32)26(2,3)19-28;1-20-11-12-21(17-23(20)33-8)13-16-29(34-9,35-10)27(4,5)24(31)14-15-28(6)18-22(30-7)25(32)26(2,3)19-28/h9-14,17-18H,15-16,19H2,1-5,7-8H3;9-14,17-18H,15-16,19H2,1-6,8H3;11-18H,19H2,1-6,8-10H3/b2*13-12+,14-11+;15-14+,16-13+/t3*28-/m000/s1. The van der Waals surface area contributed by atoms with E-state index in [0.717, 1.165) is 39.3 Å². The van der Waals surface area contributed by atoms with Gasteiger partial charge in [-0.3, -0.25) is 14.4 Å². The van der Waals surface area contributed by atoms with E-state index in [1.54, 1.807) is 117 Å². The van der Waals surface area contributed by atoms with Gasteiger partial charge in [0.05, 0.1) is 90.8 Å². The molecule has 0 spiro atoms. The van der Waals surface area contributed by atoms with Gasteiger partial charge in [0.15, 0.2) is 52.0 Å². The number of carbonyl (C=O) groups excluding carboxylic acids is 6. The molecule has 2 saturated heterocycles. The topological polar surface area (TPSA) is 208 Å². The van der Waals surface area contributed by atoms with E-state index in [1.807, 2.05) is 163 Å². The van der Waals surface area contributed by atoms with Crippen LogP contribution in [0.3, 0.4) is 0 Å². The second-order valence-corrected chi connectivity index (χ2v) is 32.0. The molecule has 0 bridgehead atoms. The zero-order valence-electron chi connectivity index (χ0n) is 66.2. The van der Waals surface area contributed by atoms with E-state index in [1.165, 1.54) is 26.4 Å².